The first-order chi connectivity index (χ1) is 9.31. The molecule has 0 spiro atoms. The first-order valence-corrected chi connectivity index (χ1v) is 7.16. The Kier molecular flexibility index (Phi) is 5.79. The summed E-state index contributed by atoms with van der Waals surface area (Å²) in [5, 5.41) is 14.5. The van der Waals surface area contributed by atoms with Crippen molar-refractivity contribution >= 4 is 11.3 Å². The van der Waals surface area contributed by atoms with E-state index >= 15 is 0 Å². The Morgan fingerprint density at radius 3 is 2.00 bits per heavy atom. The minimum atomic E-state index is -4.94. The highest BCUT2D eigenvalue weighted by molar-refractivity contribution is 7.12. The fourth-order valence-electron chi connectivity index (χ4n) is 1.30. The van der Waals surface area contributed by atoms with Crippen molar-refractivity contribution in [1.29, 1.82) is 5.26 Å². The van der Waals surface area contributed by atoms with Gasteiger partial charge in [0.05, 0.1) is 0 Å². The van der Waals surface area contributed by atoms with Crippen molar-refractivity contribution in [2.75, 3.05) is 0 Å². The number of nitriles is 1. The van der Waals surface area contributed by atoms with E-state index in [1.807, 2.05) is 36.4 Å². The molecule has 0 aliphatic carbocycles. The molecular weight excluding hydrogens is 304 g/mol. The van der Waals surface area contributed by atoms with Gasteiger partial charge in [-0.2, -0.15) is 5.26 Å². The number of hydrogen-bond acceptors (Lipinski definition) is 6. The molecule has 1 aromatic heterocycles. The van der Waals surface area contributed by atoms with Crippen LogP contribution in [-0.2, 0) is 0 Å². The van der Waals surface area contributed by atoms with Gasteiger partial charge >= 0.3 is 0 Å². The first kappa shape index (κ1) is 16.3. The molecule has 0 saturated heterocycles. The van der Waals surface area contributed by atoms with Gasteiger partial charge < -0.3 is 0 Å². The van der Waals surface area contributed by atoms with Crippen LogP contribution < -0.4 is 28.7 Å². The first-order valence-electron chi connectivity index (χ1n) is 5.11. The Labute approximate surface area is 120 Å². The number of benzene rings is 1. The maximum absolute atomic E-state index is 8.76. The zero-order chi connectivity index (χ0) is 15.2. The molecule has 2 rings (SSSR count). The Hall–Kier alpha value is -1.79. The second kappa shape index (κ2) is 7.12. The standard InChI is InChI=1S/C12H8N2S.ClHO4/c13-8-10-6-7-11(15-12(10)14)9-4-2-1-3-5-9;2-1(3,4)5/h1-7,14H;(H,2,3,4,5). The smallest absolute Gasteiger partial charge is 0.244 e. The number of halogens is 1. The molecule has 0 unspecified atom stereocenters. The quantitative estimate of drug-likeness (QED) is 0.574. The number of hydrogen-bond donors (Lipinski definition) is 1. The van der Waals surface area contributed by atoms with Crippen LogP contribution in [0, 0.1) is 21.6 Å². The molecule has 0 aliphatic heterocycles. The van der Waals surface area contributed by atoms with E-state index < -0.39 is 10.2 Å². The second-order valence-electron chi connectivity index (χ2n) is 3.43. The molecule has 0 bridgehead atoms. The normalized spacial score (nSPS) is 10.2. The lowest BCUT2D eigenvalue weighted by Gasteiger charge is -2.17. The van der Waals surface area contributed by atoms with Gasteiger partial charge in [-0.05, 0) is 17.7 Å². The summed E-state index contributed by atoms with van der Waals surface area (Å²) in [6, 6.07) is 15.7. The highest BCUT2D eigenvalue weighted by Crippen LogP contribution is 2.20. The molecule has 0 amide bonds. The van der Waals surface area contributed by atoms with Crippen LogP contribution in [0.25, 0.3) is 10.4 Å². The van der Waals surface area contributed by atoms with Crippen molar-refractivity contribution in [3.05, 3.63) is 52.7 Å². The van der Waals surface area contributed by atoms with Crippen molar-refractivity contribution in [3.8, 4) is 16.5 Å². The molecule has 20 heavy (non-hydrogen) atoms. The van der Waals surface area contributed by atoms with Gasteiger partial charge in [0, 0.05) is 4.88 Å². The molecule has 0 fully saturated rings. The Balaban J connectivity index is 0.000000347. The summed E-state index contributed by atoms with van der Waals surface area (Å²) in [5.41, 5.74) is 1.67. The summed E-state index contributed by atoms with van der Waals surface area (Å²) in [4.78, 5) is 1.08. The van der Waals surface area contributed by atoms with Crippen molar-refractivity contribution in [3.63, 3.8) is 0 Å². The maximum atomic E-state index is 8.76. The Bertz CT molecular complexity index is 656. The molecule has 0 radical (unpaired) electrons. The summed E-state index contributed by atoms with van der Waals surface area (Å²) in [6.07, 6.45) is 0. The molecule has 0 aliphatic rings. The van der Waals surface area contributed by atoms with Crippen LogP contribution >= 0.6 is 11.3 Å². The second-order valence-corrected chi connectivity index (χ2v) is 5.27. The van der Waals surface area contributed by atoms with Gasteiger partial charge in [0.15, 0.2) is 0 Å². The zero-order valence-corrected chi connectivity index (χ0v) is 11.6. The number of nitrogens with two attached hydrogens (primary N) is 1. The molecule has 8 heteroatoms. The van der Waals surface area contributed by atoms with E-state index in [1.165, 1.54) is 11.3 Å². The summed E-state index contributed by atoms with van der Waals surface area (Å²) in [6.45, 7) is 0. The zero-order valence-electron chi connectivity index (χ0n) is 9.99. The molecular formula is C12H9ClN2O4S. The monoisotopic (exact) mass is 312 g/mol. The molecule has 2 N–H and O–H groups in total. The van der Waals surface area contributed by atoms with Crippen LogP contribution in [0.3, 0.4) is 0 Å². The van der Waals surface area contributed by atoms with Gasteiger partial charge in [-0.1, -0.05) is 41.7 Å². The van der Waals surface area contributed by atoms with Gasteiger partial charge in [-0.25, -0.2) is 24.0 Å². The summed E-state index contributed by atoms with van der Waals surface area (Å²) >= 11 is 1.44. The predicted octanol–water partition coefficient (Wildman–Crippen LogP) is -3.81. The van der Waals surface area contributed by atoms with E-state index in [0.717, 1.165) is 10.4 Å². The molecule has 104 valence electrons. The summed E-state index contributed by atoms with van der Waals surface area (Å²) < 4.78 is 34.5. The van der Waals surface area contributed by atoms with Gasteiger partial charge in [0.1, 0.15) is 11.6 Å². The largest absolute Gasteiger partial charge is 0.271 e. The average molecular weight is 313 g/mol. The van der Waals surface area contributed by atoms with Crippen LogP contribution in [0.5, 0.6) is 0 Å². The lowest BCUT2D eigenvalue weighted by atomic mass is 10.2. The van der Waals surface area contributed by atoms with Crippen molar-refractivity contribution in [2.45, 2.75) is 0 Å². The van der Waals surface area contributed by atoms with Crippen LogP contribution in [0.1, 0.15) is 5.56 Å². The van der Waals surface area contributed by atoms with E-state index in [4.69, 9.17) is 29.3 Å². The Morgan fingerprint density at radius 2 is 1.55 bits per heavy atom. The average Bonchev–Trinajstić information content (AvgIpc) is 2.38. The van der Waals surface area contributed by atoms with E-state index in [9.17, 15) is 0 Å². The highest BCUT2D eigenvalue weighted by Gasteiger charge is 2.03. The number of nitrogens with zero attached hydrogens (tertiary/aromatic N) is 1. The van der Waals surface area contributed by atoms with Gasteiger partial charge in [0.25, 0.3) is 4.67 Å². The van der Waals surface area contributed by atoms with Crippen LogP contribution in [-0.4, -0.2) is 0 Å². The van der Waals surface area contributed by atoms with Crippen molar-refractivity contribution < 1.29 is 34.3 Å². The fraction of sp³-hybridized carbons (Fsp3) is 0. The third-order valence-electron chi connectivity index (χ3n) is 2.07. The van der Waals surface area contributed by atoms with E-state index in [2.05, 4.69) is 6.07 Å². The van der Waals surface area contributed by atoms with Crippen LogP contribution in [0.15, 0.2) is 42.5 Å². The van der Waals surface area contributed by atoms with E-state index in [-0.39, 0.29) is 0 Å². The topological polar surface area (TPSA) is 142 Å². The van der Waals surface area contributed by atoms with Gasteiger partial charge in [-0.15, -0.1) is 10.2 Å². The van der Waals surface area contributed by atoms with Gasteiger partial charge in [0.2, 0.25) is 0 Å². The lowest BCUT2D eigenvalue weighted by molar-refractivity contribution is -2.00. The molecule has 2 aromatic rings. The number of rotatable bonds is 1. The summed E-state index contributed by atoms with van der Waals surface area (Å²) in [7, 11) is -4.94. The molecule has 1 aromatic carbocycles. The Morgan fingerprint density at radius 1 is 1.00 bits per heavy atom. The van der Waals surface area contributed by atoms with Gasteiger partial charge in [-0.3, -0.25) is 0 Å². The molecule has 6 nitrogen and oxygen atoms in total. The van der Waals surface area contributed by atoms with E-state index in [0.29, 0.717) is 10.2 Å². The molecule has 0 atom stereocenters. The van der Waals surface area contributed by atoms with Crippen LogP contribution in [0.4, 0.5) is 0 Å². The van der Waals surface area contributed by atoms with Crippen molar-refractivity contribution in [2.24, 2.45) is 0 Å². The third kappa shape index (κ3) is 5.90. The minimum Gasteiger partial charge on any atom is -0.244 e. The molecule has 0 saturated carbocycles. The van der Waals surface area contributed by atoms with Crippen molar-refractivity contribution in [1.82, 2.24) is 0 Å². The SMILES string of the molecule is N#Cc1ccc(-c2ccccc2)sc1=[NH2+].[O-][Cl+3]([O-])([O-])[O-]. The maximum Gasteiger partial charge on any atom is 0.271 e. The lowest BCUT2D eigenvalue weighted by Crippen LogP contribution is -2.68. The minimum absolute atomic E-state index is 0.541. The molecule has 1 heterocycles. The third-order valence-corrected chi connectivity index (χ3v) is 3.10. The summed E-state index contributed by atoms with van der Waals surface area (Å²) in [5.74, 6) is 0. The fourth-order valence-corrected chi connectivity index (χ4v) is 2.15. The highest BCUT2D eigenvalue weighted by atomic mass is 35.7. The van der Waals surface area contributed by atoms with E-state index in [1.54, 1.807) is 6.07 Å². The predicted molar refractivity (Wildman–Crippen MR) is 59.5 cm³/mol. The van der Waals surface area contributed by atoms with Crippen LogP contribution in [0.2, 0.25) is 0 Å².